The van der Waals surface area contributed by atoms with Crippen molar-refractivity contribution in [3.8, 4) is 0 Å². The summed E-state index contributed by atoms with van der Waals surface area (Å²) in [6.45, 7) is 6.14. The van der Waals surface area contributed by atoms with Crippen LogP contribution in [0.25, 0.3) is 0 Å². The second kappa shape index (κ2) is 2.95. The van der Waals surface area contributed by atoms with Gasteiger partial charge in [0.1, 0.15) is 5.76 Å². The molecule has 0 saturated carbocycles. The van der Waals surface area contributed by atoms with E-state index >= 15 is 0 Å². The van der Waals surface area contributed by atoms with Crippen LogP contribution in [0.4, 0.5) is 6.01 Å². The third-order valence-corrected chi connectivity index (χ3v) is 1.57. The van der Waals surface area contributed by atoms with Gasteiger partial charge in [0.05, 0.1) is 5.69 Å². The molecular formula is C8H14N2O. The van der Waals surface area contributed by atoms with E-state index in [9.17, 15) is 0 Å². The van der Waals surface area contributed by atoms with Crippen LogP contribution in [-0.2, 0) is 0 Å². The molecule has 1 aromatic heterocycles. The van der Waals surface area contributed by atoms with Crippen LogP contribution in [0.1, 0.15) is 31.2 Å². The van der Waals surface area contributed by atoms with Gasteiger partial charge in [0.25, 0.3) is 6.01 Å². The van der Waals surface area contributed by atoms with Crippen molar-refractivity contribution < 1.29 is 4.42 Å². The predicted octanol–water partition coefficient (Wildman–Crippen LogP) is 2.15. The Kier molecular flexibility index (Phi) is 2.17. The molecule has 11 heavy (non-hydrogen) atoms. The first-order valence-electron chi connectivity index (χ1n) is 3.80. The van der Waals surface area contributed by atoms with E-state index in [1.165, 1.54) is 0 Å². The van der Waals surface area contributed by atoms with E-state index in [1.807, 2.05) is 6.92 Å². The molecule has 0 aliphatic carbocycles. The van der Waals surface area contributed by atoms with Crippen LogP contribution in [0, 0.1) is 6.92 Å². The lowest BCUT2D eigenvalue weighted by Crippen LogP contribution is -1.86. The molecule has 0 aliphatic heterocycles. The number of rotatable bonds is 2. The second-order valence-electron chi connectivity index (χ2n) is 2.87. The molecule has 3 heteroatoms. The molecule has 0 radical (unpaired) electrons. The highest BCUT2D eigenvalue weighted by Crippen LogP contribution is 2.21. The van der Waals surface area contributed by atoms with Crippen molar-refractivity contribution in [3.05, 3.63) is 11.5 Å². The minimum absolute atomic E-state index is 0.407. The lowest BCUT2D eigenvalue weighted by Gasteiger charge is -1.98. The van der Waals surface area contributed by atoms with Crippen molar-refractivity contribution in [1.82, 2.24) is 4.98 Å². The number of hydrogen-bond donors (Lipinski definition) is 1. The van der Waals surface area contributed by atoms with Crippen LogP contribution in [-0.4, -0.2) is 12.0 Å². The van der Waals surface area contributed by atoms with Gasteiger partial charge in [0.2, 0.25) is 0 Å². The first-order chi connectivity index (χ1) is 5.15. The minimum Gasteiger partial charge on any atom is -0.428 e. The molecule has 0 fully saturated rings. The standard InChI is InChI=1S/C8H14N2O/c1-5(2)7-6(3)10-8(9-4)11-7/h5H,1-4H3,(H,9,10). The molecule has 3 nitrogen and oxygen atoms in total. The average Bonchev–Trinajstić information content (AvgIpc) is 2.30. The maximum atomic E-state index is 5.40. The fraction of sp³-hybridized carbons (Fsp3) is 0.625. The Hall–Kier alpha value is -0.990. The van der Waals surface area contributed by atoms with Gasteiger partial charge in [-0.25, -0.2) is 0 Å². The van der Waals surface area contributed by atoms with Crippen molar-refractivity contribution in [2.24, 2.45) is 0 Å². The van der Waals surface area contributed by atoms with Crippen LogP contribution < -0.4 is 5.32 Å². The number of hydrogen-bond acceptors (Lipinski definition) is 3. The van der Waals surface area contributed by atoms with Crippen LogP contribution in [0.3, 0.4) is 0 Å². The molecule has 0 atom stereocenters. The fourth-order valence-electron chi connectivity index (χ4n) is 1.05. The molecule has 0 unspecified atom stereocenters. The zero-order chi connectivity index (χ0) is 8.43. The van der Waals surface area contributed by atoms with Crippen molar-refractivity contribution in [1.29, 1.82) is 0 Å². The summed E-state index contributed by atoms with van der Waals surface area (Å²) >= 11 is 0. The molecular weight excluding hydrogens is 140 g/mol. The van der Waals surface area contributed by atoms with Gasteiger partial charge in [0.15, 0.2) is 0 Å². The van der Waals surface area contributed by atoms with Crippen molar-refractivity contribution in [3.63, 3.8) is 0 Å². The molecule has 0 spiro atoms. The Morgan fingerprint density at radius 2 is 2.09 bits per heavy atom. The molecule has 0 saturated heterocycles. The summed E-state index contributed by atoms with van der Waals surface area (Å²) in [4.78, 5) is 4.17. The van der Waals surface area contributed by atoms with Crippen LogP contribution in [0.5, 0.6) is 0 Å². The number of nitrogens with one attached hydrogen (secondary N) is 1. The van der Waals surface area contributed by atoms with Gasteiger partial charge in [-0.05, 0) is 6.92 Å². The molecule has 0 amide bonds. The number of aryl methyl sites for hydroxylation is 1. The quantitative estimate of drug-likeness (QED) is 0.709. The smallest absolute Gasteiger partial charge is 0.294 e. The van der Waals surface area contributed by atoms with Gasteiger partial charge < -0.3 is 9.73 Å². The zero-order valence-corrected chi connectivity index (χ0v) is 7.43. The SMILES string of the molecule is CNc1nc(C)c(C(C)C)o1. The van der Waals surface area contributed by atoms with Crippen LogP contribution in [0.15, 0.2) is 4.42 Å². The first kappa shape index (κ1) is 8.11. The summed E-state index contributed by atoms with van der Waals surface area (Å²) in [5.74, 6) is 1.37. The zero-order valence-electron chi connectivity index (χ0n) is 7.43. The maximum Gasteiger partial charge on any atom is 0.294 e. The molecule has 1 rings (SSSR count). The Morgan fingerprint density at radius 1 is 1.45 bits per heavy atom. The summed E-state index contributed by atoms with van der Waals surface area (Å²) in [5, 5.41) is 2.87. The Balaban J connectivity index is 2.97. The monoisotopic (exact) mass is 154 g/mol. The number of aromatic nitrogens is 1. The summed E-state index contributed by atoms with van der Waals surface area (Å²) in [6.07, 6.45) is 0. The van der Waals surface area contributed by atoms with Crippen LogP contribution in [0.2, 0.25) is 0 Å². The van der Waals surface area contributed by atoms with E-state index in [1.54, 1.807) is 7.05 Å². The largest absolute Gasteiger partial charge is 0.428 e. The number of oxazole rings is 1. The fourth-order valence-corrected chi connectivity index (χ4v) is 1.05. The van der Waals surface area contributed by atoms with Crippen LogP contribution >= 0.6 is 0 Å². The molecule has 0 aliphatic rings. The third kappa shape index (κ3) is 1.53. The van der Waals surface area contributed by atoms with Gasteiger partial charge in [-0.3, -0.25) is 0 Å². The molecule has 0 aromatic carbocycles. The predicted molar refractivity (Wildman–Crippen MR) is 44.9 cm³/mol. The lowest BCUT2D eigenvalue weighted by molar-refractivity contribution is 0.494. The van der Waals surface area contributed by atoms with E-state index in [0.29, 0.717) is 11.9 Å². The van der Waals surface area contributed by atoms with Gasteiger partial charge in [-0.15, -0.1) is 0 Å². The second-order valence-corrected chi connectivity index (χ2v) is 2.87. The molecule has 1 N–H and O–H groups in total. The highest BCUT2D eigenvalue weighted by Gasteiger charge is 2.10. The maximum absolute atomic E-state index is 5.40. The number of anilines is 1. The molecule has 1 aromatic rings. The number of nitrogens with zero attached hydrogens (tertiary/aromatic N) is 1. The van der Waals surface area contributed by atoms with E-state index in [-0.39, 0.29) is 0 Å². The van der Waals surface area contributed by atoms with E-state index in [2.05, 4.69) is 24.1 Å². The third-order valence-electron chi connectivity index (χ3n) is 1.57. The van der Waals surface area contributed by atoms with Crippen molar-refractivity contribution in [2.75, 3.05) is 12.4 Å². The minimum atomic E-state index is 0.407. The molecule has 62 valence electrons. The highest BCUT2D eigenvalue weighted by molar-refractivity contribution is 5.25. The van der Waals surface area contributed by atoms with E-state index in [4.69, 9.17) is 4.42 Å². The first-order valence-corrected chi connectivity index (χ1v) is 3.80. The van der Waals surface area contributed by atoms with Gasteiger partial charge in [-0.2, -0.15) is 4.98 Å². The van der Waals surface area contributed by atoms with E-state index in [0.717, 1.165) is 11.5 Å². The van der Waals surface area contributed by atoms with Gasteiger partial charge in [-0.1, -0.05) is 13.8 Å². The summed E-state index contributed by atoms with van der Waals surface area (Å²) < 4.78 is 5.40. The summed E-state index contributed by atoms with van der Waals surface area (Å²) in [6, 6.07) is 0.603. The Bertz CT molecular complexity index is 240. The van der Waals surface area contributed by atoms with Gasteiger partial charge in [0, 0.05) is 13.0 Å². The van der Waals surface area contributed by atoms with E-state index < -0.39 is 0 Å². The summed E-state index contributed by atoms with van der Waals surface area (Å²) in [5.41, 5.74) is 0.976. The Morgan fingerprint density at radius 3 is 2.36 bits per heavy atom. The van der Waals surface area contributed by atoms with Gasteiger partial charge >= 0.3 is 0 Å². The Labute approximate surface area is 66.8 Å². The molecule has 0 bridgehead atoms. The normalized spacial score (nSPS) is 10.6. The average molecular weight is 154 g/mol. The van der Waals surface area contributed by atoms with Crippen molar-refractivity contribution >= 4 is 6.01 Å². The molecule has 1 heterocycles. The topological polar surface area (TPSA) is 38.1 Å². The highest BCUT2D eigenvalue weighted by atomic mass is 16.4. The lowest BCUT2D eigenvalue weighted by atomic mass is 10.1. The van der Waals surface area contributed by atoms with Crippen molar-refractivity contribution in [2.45, 2.75) is 26.7 Å². The summed E-state index contributed by atoms with van der Waals surface area (Å²) in [7, 11) is 1.80.